The molecule has 1 saturated heterocycles. The van der Waals surface area contributed by atoms with Crippen LogP contribution in [-0.4, -0.2) is 28.8 Å². The number of thiocarbonyl (C=S) groups is 1. The molecule has 0 spiro atoms. The largest absolute Gasteiger partial charge is 0.469 e. The first-order valence-corrected chi connectivity index (χ1v) is 3.99. The van der Waals surface area contributed by atoms with E-state index in [1.165, 1.54) is 0 Å². The van der Waals surface area contributed by atoms with Gasteiger partial charge in [0.25, 0.3) is 5.17 Å². The van der Waals surface area contributed by atoms with Gasteiger partial charge in [0.1, 0.15) is 6.61 Å². The van der Waals surface area contributed by atoms with Gasteiger partial charge in [-0.05, 0) is 33.0 Å². The summed E-state index contributed by atoms with van der Waals surface area (Å²) in [5.74, 6) is 0. The van der Waals surface area contributed by atoms with Gasteiger partial charge in [-0.15, -0.1) is 0 Å². The van der Waals surface area contributed by atoms with Crippen molar-refractivity contribution in [3.05, 3.63) is 0 Å². The van der Waals surface area contributed by atoms with E-state index in [1.807, 2.05) is 0 Å². The molecule has 0 unspecified atom stereocenters. The molecule has 0 bridgehead atoms. The first-order chi connectivity index (χ1) is 4.63. The van der Waals surface area contributed by atoms with Crippen LogP contribution in [0.3, 0.4) is 0 Å². The van der Waals surface area contributed by atoms with Crippen molar-refractivity contribution in [2.75, 3.05) is 6.61 Å². The molecule has 2 nitrogen and oxygen atoms in total. The van der Waals surface area contributed by atoms with Crippen molar-refractivity contribution < 1.29 is 4.74 Å². The summed E-state index contributed by atoms with van der Waals surface area (Å²) < 4.78 is 5.20. The highest BCUT2D eigenvalue weighted by atomic mass is 32.1. The fourth-order valence-electron chi connectivity index (χ4n) is 1.25. The molecule has 58 valence electrons. The molecule has 10 heavy (non-hydrogen) atoms. The van der Waals surface area contributed by atoms with E-state index < -0.39 is 0 Å². The molecule has 0 aromatic rings. The zero-order valence-electron chi connectivity index (χ0n) is 6.63. The van der Waals surface area contributed by atoms with Crippen LogP contribution in [0.25, 0.3) is 0 Å². The highest BCUT2D eigenvalue weighted by Gasteiger charge is 2.27. The Bertz CT molecular complexity index is 147. The third-order valence-electron chi connectivity index (χ3n) is 1.69. The summed E-state index contributed by atoms with van der Waals surface area (Å²) in [6, 6.07) is 0.914. The SMILES string of the molecule is CC(C)N1C(=S)OC[C@@H]1C. The lowest BCUT2D eigenvalue weighted by molar-refractivity contribution is 0.299. The van der Waals surface area contributed by atoms with E-state index in [-0.39, 0.29) is 0 Å². The van der Waals surface area contributed by atoms with Gasteiger partial charge in [0.2, 0.25) is 0 Å². The second-order valence-electron chi connectivity index (χ2n) is 2.93. The number of hydrogen-bond acceptors (Lipinski definition) is 2. The summed E-state index contributed by atoms with van der Waals surface area (Å²) in [7, 11) is 0. The Morgan fingerprint density at radius 2 is 2.30 bits per heavy atom. The molecule has 0 aliphatic carbocycles. The van der Waals surface area contributed by atoms with E-state index in [4.69, 9.17) is 17.0 Å². The van der Waals surface area contributed by atoms with E-state index in [2.05, 4.69) is 25.7 Å². The van der Waals surface area contributed by atoms with Crippen molar-refractivity contribution in [3.63, 3.8) is 0 Å². The average Bonchev–Trinajstić information content (AvgIpc) is 2.11. The molecule has 1 heterocycles. The van der Waals surface area contributed by atoms with Gasteiger partial charge in [0, 0.05) is 6.04 Å². The molecule has 0 aromatic carbocycles. The maximum absolute atomic E-state index is 5.20. The van der Waals surface area contributed by atoms with Crippen molar-refractivity contribution in [1.29, 1.82) is 0 Å². The van der Waals surface area contributed by atoms with Crippen LogP contribution in [0.1, 0.15) is 20.8 Å². The van der Waals surface area contributed by atoms with Crippen LogP contribution in [0.15, 0.2) is 0 Å². The maximum atomic E-state index is 5.20. The zero-order valence-corrected chi connectivity index (χ0v) is 7.44. The fraction of sp³-hybridized carbons (Fsp3) is 0.857. The molecule has 3 heteroatoms. The molecule has 1 aliphatic heterocycles. The predicted molar refractivity (Wildman–Crippen MR) is 45.0 cm³/mol. The molecule has 0 aromatic heterocycles. The van der Waals surface area contributed by atoms with E-state index in [0.717, 1.165) is 6.61 Å². The van der Waals surface area contributed by atoms with Gasteiger partial charge in [-0.3, -0.25) is 0 Å². The Hall–Kier alpha value is -0.310. The third-order valence-corrected chi connectivity index (χ3v) is 2.02. The molecular formula is C7H13NOS. The summed E-state index contributed by atoms with van der Waals surface area (Å²) in [5.41, 5.74) is 0. The van der Waals surface area contributed by atoms with Crippen molar-refractivity contribution in [3.8, 4) is 0 Å². The van der Waals surface area contributed by atoms with E-state index in [9.17, 15) is 0 Å². The second kappa shape index (κ2) is 2.74. The van der Waals surface area contributed by atoms with E-state index >= 15 is 0 Å². The minimum atomic E-state index is 0.451. The number of hydrogen-bond donors (Lipinski definition) is 0. The van der Waals surface area contributed by atoms with Gasteiger partial charge in [-0.25, -0.2) is 0 Å². The quantitative estimate of drug-likeness (QED) is 0.537. The van der Waals surface area contributed by atoms with Crippen LogP contribution < -0.4 is 0 Å². The van der Waals surface area contributed by atoms with Crippen LogP contribution >= 0.6 is 12.2 Å². The van der Waals surface area contributed by atoms with Crippen LogP contribution in [0.4, 0.5) is 0 Å². The summed E-state index contributed by atoms with van der Waals surface area (Å²) in [4.78, 5) is 2.12. The van der Waals surface area contributed by atoms with Crippen LogP contribution in [0.5, 0.6) is 0 Å². The van der Waals surface area contributed by atoms with Crippen LogP contribution in [-0.2, 0) is 4.74 Å². The number of nitrogens with zero attached hydrogens (tertiary/aromatic N) is 1. The highest BCUT2D eigenvalue weighted by molar-refractivity contribution is 7.80. The summed E-state index contributed by atoms with van der Waals surface area (Å²) in [5, 5.41) is 0.655. The van der Waals surface area contributed by atoms with Gasteiger partial charge in [0.05, 0.1) is 6.04 Å². The second-order valence-corrected chi connectivity index (χ2v) is 3.28. The Balaban J connectivity index is 2.63. The molecule has 0 radical (unpaired) electrons. The van der Waals surface area contributed by atoms with Gasteiger partial charge in [-0.1, -0.05) is 0 Å². The van der Waals surface area contributed by atoms with E-state index in [0.29, 0.717) is 17.3 Å². The Kier molecular flexibility index (Phi) is 2.14. The summed E-state index contributed by atoms with van der Waals surface area (Å²) in [6.07, 6.45) is 0. The summed E-state index contributed by atoms with van der Waals surface area (Å²) in [6.45, 7) is 7.12. The highest BCUT2D eigenvalue weighted by Crippen LogP contribution is 2.14. The van der Waals surface area contributed by atoms with E-state index in [1.54, 1.807) is 0 Å². The van der Waals surface area contributed by atoms with Crippen molar-refractivity contribution >= 4 is 17.4 Å². The molecule has 1 aliphatic rings. The molecule has 0 N–H and O–H groups in total. The van der Waals surface area contributed by atoms with Crippen molar-refractivity contribution in [2.24, 2.45) is 0 Å². The minimum Gasteiger partial charge on any atom is -0.469 e. The molecule has 0 amide bonds. The normalized spacial score (nSPS) is 25.8. The number of rotatable bonds is 1. The third kappa shape index (κ3) is 1.24. The average molecular weight is 159 g/mol. The monoisotopic (exact) mass is 159 g/mol. The molecule has 1 rings (SSSR count). The Morgan fingerprint density at radius 1 is 1.70 bits per heavy atom. The van der Waals surface area contributed by atoms with Gasteiger partial charge < -0.3 is 9.64 Å². The first kappa shape index (κ1) is 7.79. The fourth-order valence-corrected chi connectivity index (χ4v) is 1.71. The Labute approximate surface area is 67.2 Å². The lowest BCUT2D eigenvalue weighted by Crippen LogP contribution is -2.36. The van der Waals surface area contributed by atoms with Crippen molar-refractivity contribution in [2.45, 2.75) is 32.9 Å². The van der Waals surface area contributed by atoms with Crippen LogP contribution in [0.2, 0.25) is 0 Å². The molecule has 1 fully saturated rings. The lowest BCUT2D eigenvalue weighted by atomic mass is 10.2. The van der Waals surface area contributed by atoms with Gasteiger partial charge in [-0.2, -0.15) is 0 Å². The Morgan fingerprint density at radius 3 is 2.50 bits per heavy atom. The standard InChI is InChI=1S/C7H13NOS/c1-5(2)8-6(3)4-9-7(8)10/h5-6H,4H2,1-3H3/t6-/m0/s1. The summed E-state index contributed by atoms with van der Waals surface area (Å²) >= 11 is 5.00. The van der Waals surface area contributed by atoms with Crippen molar-refractivity contribution in [1.82, 2.24) is 4.90 Å². The van der Waals surface area contributed by atoms with Crippen LogP contribution in [0, 0.1) is 0 Å². The zero-order chi connectivity index (χ0) is 7.72. The van der Waals surface area contributed by atoms with Gasteiger partial charge >= 0.3 is 0 Å². The lowest BCUT2D eigenvalue weighted by Gasteiger charge is -2.23. The minimum absolute atomic E-state index is 0.451. The molecular weight excluding hydrogens is 146 g/mol. The topological polar surface area (TPSA) is 12.5 Å². The molecule has 0 saturated carbocycles. The molecule has 1 atom stereocenters. The first-order valence-electron chi connectivity index (χ1n) is 3.58. The maximum Gasteiger partial charge on any atom is 0.259 e. The number of ether oxygens (including phenoxy) is 1. The predicted octanol–water partition coefficient (Wildman–Crippen LogP) is 1.40. The smallest absolute Gasteiger partial charge is 0.259 e. The van der Waals surface area contributed by atoms with Gasteiger partial charge in [0.15, 0.2) is 0 Å².